The van der Waals surface area contributed by atoms with Crippen LogP contribution in [-0.2, 0) is 14.4 Å². The quantitative estimate of drug-likeness (QED) is 0.430. The van der Waals surface area contributed by atoms with Gasteiger partial charge in [0.05, 0.1) is 5.69 Å². The van der Waals surface area contributed by atoms with E-state index in [0.717, 1.165) is 5.69 Å². The highest BCUT2D eigenvalue weighted by atomic mass is 16.7. The minimum atomic E-state index is -0.689. The summed E-state index contributed by atoms with van der Waals surface area (Å²) in [5, 5.41) is 1.41. The van der Waals surface area contributed by atoms with Crippen LogP contribution in [0.15, 0.2) is 108 Å². The molecule has 0 atom stereocenters. The molecule has 5 rings (SSSR count). The lowest BCUT2D eigenvalue weighted by molar-refractivity contribution is -0.140. The van der Waals surface area contributed by atoms with Crippen molar-refractivity contribution in [3.8, 4) is 0 Å². The van der Waals surface area contributed by atoms with Crippen LogP contribution in [0.2, 0.25) is 0 Å². The molecule has 2 saturated heterocycles. The Labute approximate surface area is 214 Å². The summed E-state index contributed by atoms with van der Waals surface area (Å²) in [6.45, 7) is 2.15. The SMILES string of the molecule is O=C1ONN(c2ccccc2)/C1=C/C(=NC(=O)c1ccccc1)C(=O)N1CCN(c2ccccc2)CC1. The number of hydrogen-bond acceptors (Lipinski definition) is 7. The van der Waals surface area contributed by atoms with Gasteiger partial charge in [-0.25, -0.2) is 14.8 Å². The second-order valence-electron chi connectivity index (χ2n) is 8.46. The van der Waals surface area contributed by atoms with Crippen LogP contribution >= 0.6 is 0 Å². The summed E-state index contributed by atoms with van der Waals surface area (Å²) in [5.41, 5.74) is 4.50. The molecule has 0 saturated carbocycles. The zero-order chi connectivity index (χ0) is 25.6. The maximum atomic E-state index is 13.6. The fourth-order valence-corrected chi connectivity index (χ4v) is 4.17. The number of nitrogens with zero attached hydrogens (tertiary/aromatic N) is 4. The first-order valence-corrected chi connectivity index (χ1v) is 11.9. The second kappa shape index (κ2) is 10.9. The van der Waals surface area contributed by atoms with Gasteiger partial charge in [0.15, 0.2) is 5.70 Å². The third kappa shape index (κ3) is 5.41. The minimum Gasteiger partial charge on any atom is -0.368 e. The Morgan fingerprint density at radius 1 is 0.784 bits per heavy atom. The summed E-state index contributed by atoms with van der Waals surface area (Å²) < 4.78 is 0. The number of para-hydroxylation sites is 2. The molecule has 2 amide bonds. The van der Waals surface area contributed by atoms with Crippen molar-refractivity contribution in [2.75, 3.05) is 36.1 Å². The second-order valence-corrected chi connectivity index (χ2v) is 8.46. The van der Waals surface area contributed by atoms with Crippen molar-refractivity contribution in [3.05, 3.63) is 108 Å². The molecule has 2 fully saturated rings. The van der Waals surface area contributed by atoms with Crippen molar-refractivity contribution in [3.63, 3.8) is 0 Å². The van der Waals surface area contributed by atoms with Gasteiger partial charge in [0.2, 0.25) is 0 Å². The summed E-state index contributed by atoms with van der Waals surface area (Å²) in [6, 6.07) is 27.5. The Bertz CT molecular complexity index is 1330. The van der Waals surface area contributed by atoms with E-state index in [-0.39, 0.29) is 11.4 Å². The van der Waals surface area contributed by atoms with E-state index in [4.69, 9.17) is 4.84 Å². The van der Waals surface area contributed by atoms with Crippen LogP contribution in [0, 0.1) is 0 Å². The molecule has 186 valence electrons. The molecule has 3 aromatic carbocycles. The van der Waals surface area contributed by atoms with E-state index in [1.54, 1.807) is 47.4 Å². The van der Waals surface area contributed by atoms with E-state index in [0.29, 0.717) is 37.4 Å². The molecule has 2 aliphatic rings. The Hall–Kier alpha value is -4.76. The first-order valence-electron chi connectivity index (χ1n) is 11.9. The molecular weight excluding hydrogens is 470 g/mol. The lowest BCUT2D eigenvalue weighted by atomic mass is 10.2. The first kappa shape index (κ1) is 24.0. The van der Waals surface area contributed by atoms with Gasteiger partial charge in [-0.15, -0.1) is 0 Å². The monoisotopic (exact) mass is 495 g/mol. The maximum Gasteiger partial charge on any atom is 0.376 e. The van der Waals surface area contributed by atoms with Crippen molar-refractivity contribution < 1.29 is 19.2 Å². The molecule has 0 unspecified atom stereocenters. The molecule has 0 bridgehead atoms. The fourth-order valence-electron chi connectivity index (χ4n) is 4.17. The minimum absolute atomic E-state index is 0.0436. The highest BCUT2D eigenvalue weighted by molar-refractivity contribution is 6.45. The summed E-state index contributed by atoms with van der Waals surface area (Å²) in [7, 11) is 0. The van der Waals surface area contributed by atoms with Crippen LogP contribution in [0.25, 0.3) is 0 Å². The van der Waals surface area contributed by atoms with Crippen LogP contribution in [0.1, 0.15) is 10.4 Å². The molecular formula is C28H25N5O4. The van der Waals surface area contributed by atoms with Gasteiger partial charge in [-0.1, -0.05) is 60.2 Å². The average molecular weight is 496 g/mol. The van der Waals surface area contributed by atoms with E-state index in [2.05, 4.69) is 15.5 Å². The van der Waals surface area contributed by atoms with Crippen molar-refractivity contribution in [2.45, 2.75) is 0 Å². The zero-order valence-electron chi connectivity index (χ0n) is 20.0. The molecule has 9 heteroatoms. The summed E-state index contributed by atoms with van der Waals surface area (Å²) >= 11 is 0. The zero-order valence-corrected chi connectivity index (χ0v) is 20.0. The number of hydrazine groups is 1. The predicted octanol–water partition coefficient (Wildman–Crippen LogP) is 2.98. The number of hydrogen-bond donors (Lipinski definition) is 1. The predicted molar refractivity (Wildman–Crippen MR) is 140 cm³/mol. The third-order valence-electron chi connectivity index (χ3n) is 6.12. The normalized spacial score (nSPS) is 17.2. The van der Waals surface area contributed by atoms with Crippen LogP contribution in [0.5, 0.6) is 0 Å². The molecule has 9 nitrogen and oxygen atoms in total. The van der Waals surface area contributed by atoms with Crippen molar-refractivity contribution in [1.82, 2.24) is 10.5 Å². The molecule has 2 aliphatic heterocycles. The number of piperazine rings is 1. The Balaban J connectivity index is 1.44. The Morgan fingerprint density at radius 3 is 1.97 bits per heavy atom. The summed E-state index contributed by atoms with van der Waals surface area (Å²) in [5.74, 6) is -1.70. The number of rotatable bonds is 5. The van der Waals surface area contributed by atoms with E-state index in [1.165, 1.54) is 11.1 Å². The van der Waals surface area contributed by atoms with E-state index in [9.17, 15) is 14.4 Å². The smallest absolute Gasteiger partial charge is 0.368 e. The summed E-state index contributed by atoms with van der Waals surface area (Å²) in [4.78, 5) is 52.2. The molecule has 0 spiro atoms. The molecule has 0 aliphatic carbocycles. The van der Waals surface area contributed by atoms with Crippen molar-refractivity contribution in [1.29, 1.82) is 0 Å². The fraction of sp³-hybridized carbons (Fsp3) is 0.143. The topological polar surface area (TPSA) is 94.5 Å². The molecule has 37 heavy (non-hydrogen) atoms. The van der Waals surface area contributed by atoms with Crippen LogP contribution in [0.3, 0.4) is 0 Å². The molecule has 1 N–H and O–H groups in total. The number of nitrogens with one attached hydrogen (secondary N) is 1. The number of carbonyl (C=O) groups excluding carboxylic acids is 3. The Morgan fingerprint density at radius 2 is 1.35 bits per heavy atom. The van der Waals surface area contributed by atoms with Gasteiger partial charge < -0.3 is 14.6 Å². The van der Waals surface area contributed by atoms with Crippen LogP contribution < -0.4 is 15.5 Å². The highest BCUT2D eigenvalue weighted by Gasteiger charge is 2.32. The first-order chi connectivity index (χ1) is 18.1. The summed E-state index contributed by atoms with van der Waals surface area (Å²) in [6.07, 6.45) is 1.31. The number of amides is 2. The maximum absolute atomic E-state index is 13.6. The lowest BCUT2D eigenvalue weighted by Crippen LogP contribution is -2.50. The van der Waals surface area contributed by atoms with Crippen molar-refractivity contribution in [2.24, 2.45) is 4.99 Å². The van der Waals surface area contributed by atoms with Gasteiger partial charge in [-0.2, -0.15) is 0 Å². The van der Waals surface area contributed by atoms with Crippen LogP contribution in [0.4, 0.5) is 11.4 Å². The third-order valence-corrected chi connectivity index (χ3v) is 6.12. The van der Waals surface area contributed by atoms with Gasteiger partial charge in [-0.05, 0) is 36.4 Å². The number of carbonyl (C=O) groups is 3. The standard InChI is InChI=1S/C28H25N5O4/c34-26(21-10-4-1-5-11-21)29-24(20-25-28(36)37-30-33(25)23-14-8-3-9-15-23)27(35)32-18-16-31(17-19-32)22-12-6-2-7-13-22/h1-15,20,30H,16-19H2/b25-20+,29-24?. The largest absolute Gasteiger partial charge is 0.376 e. The highest BCUT2D eigenvalue weighted by Crippen LogP contribution is 2.22. The Kier molecular flexibility index (Phi) is 7.05. The van der Waals surface area contributed by atoms with Gasteiger partial charge in [0.1, 0.15) is 5.71 Å². The molecule has 3 aromatic rings. The average Bonchev–Trinajstić information content (AvgIpc) is 3.33. The molecule has 0 radical (unpaired) electrons. The number of aliphatic imine (C=N–C) groups is 1. The van der Waals surface area contributed by atoms with Gasteiger partial charge in [0, 0.05) is 43.5 Å². The van der Waals surface area contributed by atoms with Gasteiger partial charge >= 0.3 is 5.97 Å². The van der Waals surface area contributed by atoms with E-state index < -0.39 is 17.8 Å². The number of benzene rings is 3. The number of anilines is 2. The lowest BCUT2D eigenvalue weighted by Gasteiger charge is -2.36. The van der Waals surface area contributed by atoms with Gasteiger partial charge in [0.25, 0.3) is 11.8 Å². The van der Waals surface area contributed by atoms with Crippen molar-refractivity contribution >= 4 is 34.9 Å². The van der Waals surface area contributed by atoms with Crippen LogP contribution in [-0.4, -0.2) is 54.6 Å². The van der Waals surface area contributed by atoms with Gasteiger partial charge in [-0.3, -0.25) is 9.59 Å². The van der Waals surface area contributed by atoms with E-state index >= 15 is 0 Å². The van der Waals surface area contributed by atoms with E-state index in [1.807, 2.05) is 48.5 Å². The molecule has 2 heterocycles. The molecule has 0 aromatic heterocycles.